The third-order valence-electron chi connectivity index (χ3n) is 1.23. The van der Waals surface area contributed by atoms with Crippen LogP contribution in [0.3, 0.4) is 0 Å². The lowest BCUT2D eigenvalue weighted by Crippen LogP contribution is -2.32. The van der Waals surface area contributed by atoms with Crippen LogP contribution in [0.1, 0.15) is 6.42 Å². The van der Waals surface area contributed by atoms with Crippen LogP contribution < -0.4 is 11.5 Å². The highest BCUT2D eigenvalue weighted by Crippen LogP contribution is 1.86. The van der Waals surface area contributed by atoms with Crippen molar-refractivity contribution in [1.82, 2.24) is 0 Å². The van der Waals surface area contributed by atoms with Crippen LogP contribution in [0.5, 0.6) is 0 Å². The van der Waals surface area contributed by atoms with Crippen molar-refractivity contribution in [2.45, 2.75) is 18.5 Å². The van der Waals surface area contributed by atoms with Gasteiger partial charge in [0.2, 0.25) is 0 Å². The summed E-state index contributed by atoms with van der Waals surface area (Å²) in [5, 5.41) is 24.0. The van der Waals surface area contributed by atoms with Gasteiger partial charge in [0.25, 0.3) is 0 Å². The Kier molecular flexibility index (Phi) is 9.55. The molecule has 0 unspecified atom stereocenters. The minimum absolute atomic E-state index is 0.190. The molecule has 16 heavy (non-hydrogen) atoms. The summed E-state index contributed by atoms with van der Waals surface area (Å²) in [6, 6.07) is -2.11. The first-order chi connectivity index (χ1) is 7.22. The van der Waals surface area contributed by atoms with E-state index in [-0.39, 0.29) is 5.75 Å². The number of carboxylic acid groups (broad SMARTS) is 3. The highest BCUT2D eigenvalue weighted by atomic mass is 32.1. The number of hydrogen-bond donors (Lipinski definition) is 6. The molecule has 0 bridgehead atoms. The van der Waals surface area contributed by atoms with Crippen LogP contribution in [0.25, 0.3) is 0 Å². The molecule has 9 heteroatoms. The molecular weight excluding hydrogens is 240 g/mol. The van der Waals surface area contributed by atoms with E-state index in [0.29, 0.717) is 0 Å². The number of carbonyl (C=O) groups is 3. The fourth-order valence-electron chi connectivity index (χ4n) is 0.354. The minimum atomic E-state index is -1.29. The first kappa shape index (κ1) is 17.1. The largest absolute Gasteiger partial charge is 0.481 e. The SMILES string of the molecule is N[C@@H](CS)C(=O)O.N[C@H](CC(=O)O)C(=O)O. The van der Waals surface area contributed by atoms with Crippen molar-refractivity contribution in [1.29, 1.82) is 0 Å². The maximum absolute atomic E-state index is 9.85. The van der Waals surface area contributed by atoms with Gasteiger partial charge in [0.15, 0.2) is 0 Å². The molecule has 0 aliphatic heterocycles. The van der Waals surface area contributed by atoms with Crippen LogP contribution in [-0.2, 0) is 14.4 Å². The zero-order valence-electron chi connectivity index (χ0n) is 8.24. The Bertz CT molecular complexity index is 259. The van der Waals surface area contributed by atoms with Crippen LogP contribution in [0.2, 0.25) is 0 Å². The molecule has 0 amide bonds. The molecule has 0 aromatic rings. The lowest BCUT2D eigenvalue weighted by atomic mass is 10.2. The fourth-order valence-corrected chi connectivity index (χ4v) is 0.510. The summed E-state index contributed by atoms with van der Waals surface area (Å²) in [6.07, 6.45) is -0.532. The van der Waals surface area contributed by atoms with Gasteiger partial charge in [-0.25, -0.2) is 0 Å². The quantitative estimate of drug-likeness (QED) is 0.313. The first-order valence-corrected chi connectivity index (χ1v) is 4.65. The first-order valence-electron chi connectivity index (χ1n) is 4.01. The van der Waals surface area contributed by atoms with Gasteiger partial charge in [-0.1, -0.05) is 0 Å². The van der Waals surface area contributed by atoms with Gasteiger partial charge in [0.1, 0.15) is 12.1 Å². The van der Waals surface area contributed by atoms with Crippen LogP contribution >= 0.6 is 12.6 Å². The smallest absolute Gasteiger partial charge is 0.321 e. The predicted octanol–water partition coefficient (Wildman–Crippen LogP) is -1.80. The van der Waals surface area contributed by atoms with Crippen LogP contribution in [0.15, 0.2) is 0 Å². The number of aliphatic carboxylic acids is 3. The number of thiol groups is 1. The number of nitrogens with two attached hydrogens (primary N) is 2. The van der Waals surface area contributed by atoms with E-state index in [4.69, 9.17) is 26.8 Å². The Morgan fingerprint density at radius 2 is 1.38 bits per heavy atom. The third kappa shape index (κ3) is 10.8. The van der Waals surface area contributed by atoms with Crippen molar-refractivity contribution in [2.75, 3.05) is 5.75 Å². The summed E-state index contributed by atoms with van der Waals surface area (Å²) in [6.45, 7) is 0. The molecule has 8 nitrogen and oxygen atoms in total. The van der Waals surface area contributed by atoms with E-state index in [1.807, 2.05) is 0 Å². The third-order valence-corrected chi connectivity index (χ3v) is 1.62. The normalized spacial score (nSPS) is 12.9. The summed E-state index contributed by atoms with van der Waals surface area (Å²) in [5.41, 5.74) is 9.78. The second-order valence-electron chi connectivity index (χ2n) is 2.67. The molecule has 0 aliphatic carbocycles. The van der Waals surface area contributed by atoms with E-state index in [1.165, 1.54) is 0 Å². The fraction of sp³-hybridized carbons (Fsp3) is 0.571. The van der Waals surface area contributed by atoms with E-state index >= 15 is 0 Å². The second kappa shape index (κ2) is 8.95. The van der Waals surface area contributed by atoms with E-state index in [9.17, 15) is 14.4 Å². The maximum atomic E-state index is 9.85. The van der Waals surface area contributed by atoms with Gasteiger partial charge in [-0.15, -0.1) is 0 Å². The Hall–Kier alpha value is -1.32. The van der Waals surface area contributed by atoms with Gasteiger partial charge >= 0.3 is 17.9 Å². The van der Waals surface area contributed by atoms with Crippen molar-refractivity contribution in [2.24, 2.45) is 11.5 Å². The average Bonchev–Trinajstić information content (AvgIpc) is 2.16. The summed E-state index contributed by atoms with van der Waals surface area (Å²) in [7, 11) is 0. The molecule has 0 rings (SSSR count). The zero-order valence-corrected chi connectivity index (χ0v) is 9.13. The lowest BCUT2D eigenvalue weighted by Gasteiger charge is -1.99. The van der Waals surface area contributed by atoms with Crippen molar-refractivity contribution in [3.8, 4) is 0 Å². The predicted molar refractivity (Wildman–Crippen MR) is 57.3 cm³/mol. The number of hydrogen-bond acceptors (Lipinski definition) is 6. The maximum Gasteiger partial charge on any atom is 0.321 e. The minimum Gasteiger partial charge on any atom is -0.481 e. The molecule has 0 aliphatic rings. The van der Waals surface area contributed by atoms with Gasteiger partial charge < -0.3 is 26.8 Å². The average molecular weight is 254 g/mol. The molecule has 0 saturated carbocycles. The molecule has 0 radical (unpaired) electrons. The van der Waals surface area contributed by atoms with Gasteiger partial charge in [-0.3, -0.25) is 14.4 Å². The summed E-state index contributed by atoms with van der Waals surface area (Å²) in [4.78, 5) is 29.4. The number of rotatable bonds is 5. The second-order valence-corrected chi connectivity index (χ2v) is 3.04. The van der Waals surface area contributed by atoms with Crippen molar-refractivity contribution in [3.63, 3.8) is 0 Å². The zero-order chi connectivity index (χ0) is 13.3. The van der Waals surface area contributed by atoms with Gasteiger partial charge in [0.05, 0.1) is 6.42 Å². The molecule has 94 valence electrons. The van der Waals surface area contributed by atoms with Gasteiger partial charge in [0, 0.05) is 5.75 Å². The van der Waals surface area contributed by atoms with Crippen LogP contribution in [-0.4, -0.2) is 51.1 Å². The molecule has 2 atom stereocenters. The number of carboxylic acids is 3. The molecule has 0 fully saturated rings. The van der Waals surface area contributed by atoms with E-state index in [2.05, 4.69) is 12.6 Å². The summed E-state index contributed by atoms with van der Waals surface area (Å²) < 4.78 is 0. The molecule has 0 heterocycles. The van der Waals surface area contributed by atoms with Crippen molar-refractivity contribution in [3.05, 3.63) is 0 Å². The Morgan fingerprint density at radius 1 is 1.00 bits per heavy atom. The van der Waals surface area contributed by atoms with Crippen LogP contribution in [0.4, 0.5) is 0 Å². The summed E-state index contributed by atoms with van der Waals surface area (Å²) >= 11 is 3.65. The van der Waals surface area contributed by atoms with Crippen molar-refractivity contribution < 1.29 is 29.7 Å². The molecule has 0 spiro atoms. The molecule has 0 aromatic carbocycles. The highest BCUT2D eigenvalue weighted by Gasteiger charge is 2.14. The Morgan fingerprint density at radius 3 is 1.44 bits per heavy atom. The van der Waals surface area contributed by atoms with Gasteiger partial charge in [-0.2, -0.15) is 12.6 Å². The van der Waals surface area contributed by atoms with E-state index < -0.39 is 36.4 Å². The van der Waals surface area contributed by atoms with Gasteiger partial charge in [-0.05, 0) is 0 Å². The topological polar surface area (TPSA) is 164 Å². The Balaban J connectivity index is 0. The highest BCUT2D eigenvalue weighted by molar-refractivity contribution is 7.80. The molecule has 0 saturated heterocycles. The lowest BCUT2D eigenvalue weighted by molar-refractivity contribution is -0.144. The molecule has 7 N–H and O–H groups in total. The standard InChI is InChI=1S/C4H7NO4.C3H7NO2S/c5-2(4(8)9)1-3(6)7;4-2(1-7)3(5)6/h2H,1,5H2,(H,6,7)(H,8,9);2,7H,1,4H2,(H,5,6)/t2*2-/m10/s1. The van der Waals surface area contributed by atoms with E-state index in [0.717, 1.165) is 0 Å². The van der Waals surface area contributed by atoms with Crippen molar-refractivity contribution >= 4 is 30.5 Å². The molecular formula is C7H14N2O6S. The summed E-state index contributed by atoms with van der Waals surface area (Å²) in [5.74, 6) is -3.31. The van der Waals surface area contributed by atoms with E-state index in [1.54, 1.807) is 0 Å². The monoisotopic (exact) mass is 254 g/mol. The molecule has 0 aromatic heterocycles. The van der Waals surface area contributed by atoms with Crippen LogP contribution in [0, 0.1) is 0 Å². The Labute approximate surface area is 96.6 Å².